The van der Waals surface area contributed by atoms with Crippen LogP contribution in [-0.2, 0) is 11.4 Å². The van der Waals surface area contributed by atoms with Crippen LogP contribution in [0.2, 0.25) is 0 Å². The number of carbonyl (C=O) groups excluding carboxylic acids is 1. The van der Waals surface area contributed by atoms with E-state index in [1.807, 2.05) is 54.6 Å². The third-order valence-electron chi connectivity index (χ3n) is 3.78. The lowest BCUT2D eigenvalue weighted by Gasteiger charge is -2.08. The van der Waals surface area contributed by atoms with Crippen LogP contribution in [0.1, 0.15) is 11.1 Å². The van der Waals surface area contributed by atoms with Gasteiger partial charge >= 0.3 is 0 Å². The van der Waals surface area contributed by atoms with Crippen molar-refractivity contribution in [1.82, 2.24) is 4.98 Å². The van der Waals surface area contributed by atoms with Gasteiger partial charge < -0.3 is 14.8 Å². The van der Waals surface area contributed by atoms with Crippen molar-refractivity contribution < 1.29 is 14.3 Å². The first-order valence-corrected chi connectivity index (χ1v) is 8.48. The number of pyridine rings is 1. The first kappa shape index (κ1) is 18.2. The van der Waals surface area contributed by atoms with E-state index in [-0.39, 0.29) is 5.91 Å². The molecule has 1 heterocycles. The summed E-state index contributed by atoms with van der Waals surface area (Å²) in [6, 6.07) is 18.6. The third kappa shape index (κ3) is 5.44. The van der Waals surface area contributed by atoms with Gasteiger partial charge in [0.05, 0.1) is 7.11 Å². The third-order valence-corrected chi connectivity index (χ3v) is 3.78. The molecule has 1 N–H and O–H groups in total. The van der Waals surface area contributed by atoms with Crippen molar-refractivity contribution in [2.75, 3.05) is 12.4 Å². The molecule has 3 aromatic rings. The van der Waals surface area contributed by atoms with Crippen LogP contribution in [0.5, 0.6) is 11.5 Å². The van der Waals surface area contributed by atoms with Gasteiger partial charge in [-0.3, -0.25) is 9.78 Å². The van der Waals surface area contributed by atoms with Gasteiger partial charge in [0.2, 0.25) is 5.91 Å². The molecule has 0 bridgehead atoms. The molecule has 0 fully saturated rings. The zero-order chi connectivity index (χ0) is 18.9. The Morgan fingerprint density at radius 3 is 2.81 bits per heavy atom. The number of anilines is 1. The molecule has 136 valence electrons. The fraction of sp³-hybridized carbons (Fsp3) is 0.0909. The highest BCUT2D eigenvalue weighted by atomic mass is 16.5. The molecule has 0 aliphatic heterocycles. The SMILES string of the molecule is COc1ccccc1C=CC(=O)Nc1cccc(OCc2cccnc2)c1. The molecule has 5 heteroatoms. The summed E-state index contributed by atoms with van der Waals surface area (Å²) in [6.45, 7) is 0.416. The van der Waals surface area contributed by atoms with E-state index < -0.39 is 0 Å². The van der Waals surface area contributed by atoms with Gasteiger partial charge in [0.15, 0.2) is 0 Å². The van der Waals surface area contributed by atoms with Crippen molar-refractivity contribution in [3.63, 3.8) is 0 Å². The lowest BCUT2D eigenvalue weighted by Crippen LogP contribution is -2.07. The highest BCUT2D eigenvalue weighted by molar-refractivity contribution is 6.02. The Labute approximate surface area is 158 Å². The Hall–Kier alpha value is -3.60. The smallest absolute Gasteiger partial charge is 0.248 e. The van der Waals surface area contributed by atoms with E-state index in [9.17, 15) is 4.79 Å². The largest absolute Gasteiger partial charge is 0.496 e. The van der Waals surface area contributed by atoms with Crippen LogP contribution in [0.15, 0.2) is 79.1 Å². The van der Waals surface area contributed by atoms with Crippen LogP contribution in [0.25, 0.3) is 6.08 Å². The van der Waals surface area contributed by atoms with Crippen molar-refractivity contribution in [2.45, 2.75) is 6.61 Å². The van der Waals surface area contributed by atoms with Crippen LogP contribution in [0, 0.1) is 0 Å². The van der Waals surface area contributed by atoms with Gasteiger partial charge in [-0.1, -0.05) is 30.3 Å². The van der Waals surface area contributed by atoms with Crippen molar-refractivity contribution in [2.24, 2.45) is 0 Å². The molecule has 0 atom stereocenters. The molecule has 0 spiro atoms. The van der Waals surface area contributed by atoms with Gasteiger partial charge in [-0.05, 0) is 30.3 Å². The number of amides is 1. The van der Waals surface area contributed by atoms with Gasteiger partial charge in [0.25, 0.3) is 0 Å². The molecule has 1 aromatic heterocycles. The number of methoxy groups -OCH3 is 1. The predicted molar refractivity (Wildman–Crippen MR) is 106 cm³/mol. The average Bonchev–Trinajstić information content (AvgIpc) is 2.72. The molecule has 0 saturated heterocycles. The first-order valence-electron chi connectivity index (χ1n) is 8.48. The van der Waals surface area contributed by atoms with Crippen molar-refractivity contribution in [1.29, 1.82) is 0 Å². The number of nitrogens with zero attached hydrogens (tertiary/aromatic N) is 1. The number of hydrogen-bond donors (Lipinski definition) is 1. The molecule has 1 amide bonds. The Bertz CT molecular complexity index is 924. The first-order chi connectivity index (χ1) is 13.2. The lowest BCUT2D eigenvalue weighted by molar-refractivity contribution is -0.111. The zero-order valence-electron chi connectivity index (χ0n) is 15.0. The number of aromatic nitrogens is 1. The average molecular weight is 360 g/mol. The zero-order valence-corrected chi connectivity index (χ0v) is 15.0. The van der Waals surface area contributed by atoms with Gasteiger partial charge in [-0.2, -0.15) is 0 Å². The fourth-order valence-corrected chi connectivity index (χ4v) is 2.47. The predicted octanol–water partition coefficient (Wildman–Crippen LogP) is 4.32. The highest BCUT2D eigenvalue weighted by Gasteiger charge is 2.02. The molecule has 0 aliphatic carbocycles. The van der Waals surface area contributed by atoms with E-state index in [2.05, 4.69) is 10.3 Å². The van der Waals surface area contributed by atoms with Gasteiger partial charge in [0.1, 0.15) is 18.1 Å². The molecule has 0 unspecified atom stereocenters. The molecule has 5 nitrogen and oxygen atoms in total. The number of para-hydroxylation sites is 1. The summed E-state index contributed by atoms with van der Waals surface area (Å²) in [5.41, 5.74) is 2.48. The summed E-state index contributed by atoms with van der Waals surface area (Å²) in [5, 5.41) is 2.83. The van der Waals surface area contributed by atoms with E-state index in [0.717, 1.165) is 11.1 Å². The minimum atomic E-state index is -0.231. The van der Waals surface area contributed by atoms with Crippen LogP contribution in [0.4, 0.5) is 5.69 Å². The number of nitrogens with one attached hydrogen (secondary N) is 1. The Balaban J connectivity index is 1.60. The van der Waals surface area contributed by atoms with E-state index in [1.54, 1.807) is 31.6 Å². The molecule has 0 aliphatic rings. The molecular weight excluding hydrogens is 340 g/mol. The quantitative estimate of drug-likeness (QED) is 0.638. The summed E-state index contributed by atoms with van der Waals surface area (Å²) >= 11 is 0. The standard InChI is InChI=1S/C22H20N2O3/c1-26-21-10-3-2-7-18(21)11-12-22(25)24-19-8-4-9-20(14-19)27-16-17-6-5-13-23-15-17/h2-15H,16H2,1H3,(H,24,25). The molecule has 0 radical (unpaired) electrons. The van der Waals surface area contributed by atoms with Crippen LogP contribution < -0.4 is 14.8 Å². The molecule has 2 aromatic carbocycles. The van der Waals surface area contributed by atoms with Crippen molar-refractivity contribution >= 4 is 17.7 Å². The van der Waals surface area contributed by atoms with E-state index in [1.165, 1.54) is 6.08 Å². The van der Waals surface area contributed by atoms with Crippen LogP contribution >= 0.6 is 0 Å². The summed E-state index contributed by atoms with van der Waals surface area (Å²) in [6.07, 6.45) is 6.67. The van der Waals surface area contributed by atoms with E-state index in [0.29, 0.717) is 23.8 Å². The second-order valence-electron chi connectivity index (χ2n) is 5.74. The molecule has 27 heavy (non-hydrogen) atoms. The Morgan fingerprint density at radius 2 is 2.00 bits per heavy atom. The molecule has 3 rings (SSSR count). The number of ether oxygens (including phenoxy) is 2. The highest BCUT2D eigenvalue weighted by Crippen LogP contribution is 2.20. The summed E-state index contributed by atoms with van der Waals surface area (Å²) in [4.78, 5) is 16.2. The lowest BCUT2D eigenvalue weighted by atomic mass is 10.2. The number of carbonyl (C=O) groups is 1. The molecular formula is C22H20N2O3. The molecule has 0 saturated carbocycles. The van der Waals surface area contributed by atoms with Crippen LogP contribution in [-0.4, -0.2) is 18.0 Å². The van der Waals surface area contributed by atoms with E-state index in [4.69, 9.17) is 9.47 Å². The summed E-state index contributed by atoms with van der Waals surface area (Å²) < 4.78 is 11.0. The normalized spacial score (nSPS) is 10.6. The maximum Gasteiger partial charge on any atom is 0.248 e. The van der Waals surface area contributed by atoms with Gasteiger partial charge in [0, 0.05) is 41.4 Å². The Kier molecular flexibility index (Phi) is 6.20. The minimum absolute atomic E-state index is 0.231. The monoisotopic (exact) mass is 360 g/mol. The summed E-state index contributed by atoms with van der Waals surface area (Å²) in [5.74, 6) is 1.16. The minimum Gasteiger partial charge on any atom is -0.496 e. The Morgan fingerprint density at radius 1 is 1.11 bits per heavy atom. The number of hydrogen-bond acceptors (Lipinski definition) is 4. The topological polar surface area (TPSA) is 60.5 Å². The summed E-state index contributed by atoms with van der Waals surface area (Å²) in [7, 11) is 1.60. The van der Waals surface area contributed by atoms with Gasteiger partial charge in [-0.25, -0.2) is 0 Å². The fourth-order valence-electron chi connectivity index (χ4n) is 2.47. The second-order valence-corrected chi connectivity index (χ2v) is 5.74. The maximum atomic E-state index is 12.2. The maximum absolute atomic E-state index is 12.2. The second kappa shape index (κ2) is 9.20. The van der Waals surface area contributed by atoms with Crippen molar-refractivity contribution in [3.8, 4) is 11.5 Å². The van der Waals surface area contributed by atoms with Crippen LogP contribution in [0.3, 0.4) is 0 Å². The number of rotatable bonds is 7. The van der Waals surface area contributed by atoms with Crippen molar-refractivity contribution in [3.05, 3.63) is 90.3 Å². The van der Waals surface area contributed by atoms with Gasteiger partial charge in [-0.15, -0.1) is 0 Å². The number of benzene rings is 2. The van der Waals surface area contributed by atoms with E-state index >= 15 is 0 Å².